The van der Waals surface area contributed by atoms with E-state index in [0.29, 0.717) is 6.10 Å². The fourth-order valence-corrected chi connectivity index (χ4v) is 1.83. The van der Waals surface area contributed by atoms with Crippen molar-refractivity contribution >= 4 is 5.69 Å². The Balaban J connectivity index is 1.66. The summed E-state index contributed by atoms with van der Waals surface area (Å²) in [5.41, 5.74) is 2.46. The van der Waals surface area contributed by atoms with Crippen molar-refractivity contribution in [1.29, 1.82) is 0 Å². The Hall–Kier alpha value is -1.06. The molecule has 16 heavy (non-hydrogen) atoms. The molecule has 1 aliphatic rings. The van der Waals surface area contributed by atoms with Gasteiger partial charge in [-0.25, -0.2) is 0 Å². The molecule has 88 valence electrons. The van der Waals surface area contributed by atoms with Gasteiger partial charge in [0.05, 0.1) is 19.3 Å². The largest absolute Gasteiger partial charge is 0.383 e. The highest BCUT2D eigenvalue weighted by molar-refractivity contribution is 5.50. The molecule has 0 saturated carbocycles. The van der Waals surface area contributed by atoms with Crippen LogP contribution in [0.1, 0.15) is 12.0 Å². The summed E-state index contributed by atoms with van der Waals surface area (Å²) >= 11 is 0. The Morgan fingerprint density at radius 3 is 3.06 bits per heavy atom. The first-order valence-corrected chi connectivity index (χ1v) is 5.85. The van der Waals surface area contributed by atoms with Crippen LogP contribution in [0.2, 0.25) is 0 Å². The quantitative estimate of drug-likeness (QED) is 0.773. The Kier molecular flexibility index (Phi) is 4.19. The highest BCUT2D eigenvalue weighted by atomic mass is 16.5. The van der Waals surface area contributed by atoms with Gasteiger partial charge < -0.3 is 14.8 Å². The van der Waals surface area contributed by atoms with Gasteiger partial charge in [-0.2, -0.15) is 0 Å². The van der Waals surface area contributed by atoms with Gasteiger partial charge in [-0.3, -0.25) is 0 Å². The van der Waals surface area contributed by atoms with Crippen LogP contribution in [0.15, 0.2) is 24.3 Å². The maximum Gasteiger partial charge on any atom is 0.0831 e. The molecule has 0 amide bonds. The van der Waals surface area contributed by atoms with E-state index in [1.54, 1.807) is 0 Å². The van der Waals surface area contributed by atoms with Crippen molar-refractivity contribution < 1.29 is 9.47 Å². The monoisotopic (exact) mass is 221 g/mol. The molecule has 1 atom stereocenters. The van der Waals surface area contributed by atoms with Gasteiger partial charge in [-0.1, -0.05) is 18.2 Å². The van der Waals surface area contributed by atoms with E-state index in [9.17, 15) is 0 Å². The Bertz CT molecular complexity index is 321. The minimum atomic E-state index is 0.304. The number of hydrogen-bond acceptors (Lipinski definition) is 3. The summed E-state index contributed by atoms with van der Waals surface area (Å²) < 4.78 is 10.9. The maximum absolute atomic E-state index is 5.68. The second-order valence-electron chi connectivity index (χ2n) is 4.10. The SMILES string of the molecule is Cc1ccccc1NCCOC1CCOC1. The van der Waals surface area contributed by atoms with E-state index in [2.05, 4.69) is 24.4 Å². The first kappa shape index (κ1) is 11.4. The molecule has 1 aromatic rings. The topological polar surface area (TPSA) is 30.5 Å². The molecule has 1 saturated heterocycles. The lowest BCUT2D eigenvalue weighted by Crippen LogP contribution is -2.18. The molecule has 0 radical (unpaired) electrons. The maximum atomic E-state index is 5.68. The van der Waals surface area contributed by atoms with Gasteiger partial charge in [0, 0.05) is 18.8 Å². The highest BCUT2D eigenvalue weighted by Crippen LogP contribution is 2.13. The normalized spacial score (nSPS) is 19.9. The molecule has 0 spiro atoms. The third-order valence-corrected chi connectivity index (χ3v) is 2.80. The number of hydrogen-bond donors (Lipinski definition) is 1. The first-order chi connectivity index (χ1) is 7.86. The van der Waals surface area contributed by atoms with E-state index in [4.69, 9.17) is 9.47 Å². The zero-order valence-electron chi connectivity index (χ0n) is 9.74. The molecule has 1 unspecified atom stereocenters. The summed E-state index contributed by atoms with van der Waals surface area (Å²) in [7, 11) is 0. The molecular formula is C13H19NO2. The summed E-state index contributed by atoms with van der Waals surface area (Å²) in [5.74, 6) is 0. The predicted octanol–water partition coefficient (Wildman–Crippen LogP) is 2.21. The summed E-state index contributed by atoms with van der Waals surface area (Å²) in [6.45, 7) is 5.29. The van der Waals surface area contributed by atoms with Gasteiger partial charge in [-0.05, 0) is 25.0 Å². The Morgan fingerprint density at radius 2 is 2.31 bits per heavy atom. The number of para-hydroxylation sites is 1. The summed E-state index contributed by atoms with van der Waals surface area (Å²) in [5, 5.41) is 3.37. The third kappa shape index (κ3) is 3.22. The van der Waals surface area contributed by atoms with Crippen molar-refractivity contribution in [2.45, 2.75) is 19.4 Å². The van der Waals surface area contributed by atoms with Crippen molar-refractivity contribution in [3.63, 3.8) is 0 Å². The summed E-state index contributed by atoms with van der Waals surface area (Å²) in [4.78, 5) is 0. The number of benzene rings is 1. The number of aryl methyl sites for hydroxylation is 1. The first-order valence-electron chi connectivity index (χ1n) is 5.85. The molecule has 3 heteroatoms. The average molecular weight is 221 g/mol. The van der Waals surface area contributed by atoms with Crippen LogP contribution < -0.4 is 5.32 Å². The third-order valence-electron chi connectivity index (χ3n) is 2.80. The van der Waals surface area contributed by atoms with Crippen LogP contribution in [0.5, 0.6) is 0 Å². The van der Waals surface area contributed by atoms with E-state index < -0.39 is 0 Å². The van der Waals surface area contributed by atoms with E-state index in [0.717, 1.165) is 32.8 Å². The summed E-state index contributed by atoms with van der Waals surface area (Å²) in [6, 6.07) is 8.29. The Morgan fingerprint density at radius 1 is 1.44 bits per heavy atom. The van der Waals surface area contributed by atoms with Crippen molar-refractivity contribution in [3.05, 3.63) is 29.8 Å². The molecule has 3 nitrogen and oxygen atoms in total. The average Bonchev–Trinajstić information content (AvgIpc) is 2.79. The van der Waals surface area contributed by atoms with Crippen LogP contribution in [0.4, 0.5) is 5.69 Å². The molecule has 0 bridgehead atoms. The van der Waals surface area contributed by atoms with Gasteiger partial charge in [0.1, 0.15) is 0 Å². The second-order valence-corrected chi connectivity index (χ2v) is 4.10. The molecule has 2 rings (SSSR count). The number of ether oxygens (including phenoxy) is 2. The van der Waals surface area contributed by atoms with Crippen LogP contribution in [-0.4, -0.2) is 32.5 Å². The van der Waals surface area contributed by atoms with Crippen LogP contribution in [0.3, 0.4) is 0 Å². The van der Waals surface area contributed by atoms with Gasteiger partial charge in [0.25, 0.3) is 0 Å². The lowest BCUT2D eigenvalue weighted by atomic mass is 10.2. The zero-order chi connectivity index (χ0) is 11.2. The molecule has 1 fully saturated rings. The zero-order valence-corrected chi connectivity index (χ0v) is 9.74. The number of anilines is 1. The minimum Gasteiger partial charge on any atom is -0.383 e. The fraction of sp³-hybridized carbons (Fsp3) is 0.538. The second kappa shape index (κ2) is 5.87. The van der Waals surface area contributed by atoms with Crippen molar-refractivity contribution in [2.24, 2.45) is 0 Å². The fourth-order valence-electron chi connectivity index (χ4n) is 1.83. The van der Waals surface area contributed by atoms with Crippen LogP contribution in [0, 0.1) is 6.92 Å². The Labute approximate surface area is 96.8 Å². The van der Waals surface area contributed by atoms with Crippen LogP contribution in [-0.2, 0) is 9.47 Å². The number of nitrogens with one attached hydrogen (secondary N) is 1. The van der Waals surface area contributed by atoms with Crippen LogP contribution in [0.25, 0.3) is 0 Å². The molecule has 0 aromatic heterocycles. The molecule has 1 heterocycles. The van der Waals surface area contributed by atoms with E-state index in [-0.39, 0.29) is 0 Å². The van der Waals surface area contributed by atoms with Crippen molar-refractivity contribution in [2.75, 3.05) is 31.7 Å². The lowest BCUT2D eigenvalue weighted by Gasteiger charge is -2.12. The van der Waals surface area contributed by atoms with Gasteiger partial charge in [0.15, 0.2) is 0 Å². The minimum absolute atomic E-state index is 0.304. The van der Waals surface area contributed by atoms with Gasteiger partial charge in [0.2, 0.25) is 0 Å². The van der Waals surface area contributed by atoms with E-state index >= 15 is 0 Å². The molecular weight excluding hydrogens is 202 g/mol. The smallest absolute Gasteiger partial charge is 0.0831 e. The molecule has 1 aliphatic heterocycles. The van der Waals surface area contributed by atoms with E-state index in [1.807, 2.05) is 12.1 Å². The molecule has 1 N–H and O–H groups in total. The van der Waals surface area contributed by atoms with Gasteiger partial charge >= 0.3 is 0 Å². The lowest BCUT2D eigenvalue weighted by molar-refractivity contribution is 0.0489. The standard InChI is InChI=1S/C13H19NO2/c1-11-4-2-3-5-13(11)14-7-9-16-12-6-8-15-10-12/h2-5,12,14H,6-10H2,1H3. The van der Waals surface area contributed by atoms with Crippen molar-refractivity contribution in [3.8, 4) is 0 Å². The number of rotatable bonds is 5. The molecule has 1 aromatic carbocycles. The van der Waals surface area contributed by atoms with Crippen molar-refractivity contribution in [1.82, 2.24) is 0 Å². The predicted molar refractivity (Wildman–Crippen MR) is 64.8 cm³/mol. The van der Waals surface area contributed by atoms with Crippen LogP contribution >= 0.6 is 0 Å². The van der Waals surface area contributed by atoms with Gasteiger partial charge in [-0.15, -0.1) is 0 Å². The summed E-state index contributed by atoms with van der Waals surface area (Å²) in [6.07, 6.45) is 1.34. The molecule has 0 aliphatic carbocycles. The van der Waals surface area contributed by atoms with E-state index in [1.165, 1.54) is 11.3 Å². The highest BCUT2D eigenvalue weighted by Gasteiger charge is 2.15.